The van der Waals surface area contributed by atoms with E-state index < -0.39 is 25.3 Å². The van der Waals surface area contributed by atoms with Crippen molar-refractivity contribution >= 4 is 28.8 Å². The van der Waals surface area contributed by atoms with Gasteiger partial charge in [0.1, 0.15) is 13.2 Å². The van der Waals surface area contributed by atoms with E-state index in [-0.39, 0.29) is 0 Å². The molecule has 0 aromatic heterocycles. The van der Waals surface area contributed by atoms with E-state index in [1.807, 2.05) is 0 Å². The van der Waals surface area contributed by atoms with E-state index in [4.69, 9.17) is 18.0 Å². The molecule has 0 spiro atoms. The Balaban J connectivity index is 2.40. The molecule has 0 atom stereocenters. The van der Waals surface area contributed by atoms with Crippen LogP contribution in [0.2, 0.25) is 0 Å². The average molecular weight is 306 g/mol. The zero-order valence-corrected chi connectivity index (χ0v) is 11.2. The first-order chi connectivity index (χ1) is 9.26. The van der Waals surface area contributed by atoms with Crippen LogP contribution in [0.25, 0.3) is 0 Å². The molecule has 1 rings (SSSR count). The molecule has 3 N–H and O–H groups in total. The summed E-state index contributed by atoms with van der Waals surface area (Å²) in [6.07, 6.45) is -4.00. The molecule has 0 aliphatic heterocycles. The Labute approximate surface area is 119 Å². The van der Waals surface area contributed by atoms with Crippen molar-refractivity contribution in [3.05, 3.63) is 29.8 Å². The van der Waals surface area contributed by atoms with Crippen molar-refractivity contribution in [2.45, 2.75) is 12.6 Å². The van der Waals surface area contributed by atoms with Crippen molar-refractivity contribution in [1.82, 2.24) is 0 Å². The van der Waals surface area contributed by atoms with E-state index >= 15 is 0 Å². The summed E-state index contributed by atoms with van der Waals surface area (Å²) in [4.78, 5) is 11.7. The predicted molar refractivity (Wildman–Crippen MR) is 72.4 cm³/mol. The molecular formula is C12H13F3N2O2S. The van der Waals surface area contributed by atoms with Crippen molar-refractivity contribution in [3.8, 4) is 0 Å². The maximum absolute atomic E-state index is 11.8. The van der Waals surface area contributed by atoms with Gasteiger partial charge in [-0.25, -0.2) is 0 Å². The number of carbonyl (C=O) groups excluding carboxylic acids is 1. The number of hydrogen-bond acceptors (Lipinski definition) is 3. The summed E-state index contributed by atoms with van der Waals surface area (Å²) in [5, 5.41) is 2.41. The van der Waals surface area contributed by atoms with Crippen LogP contribution in [0, 0.1) is 0 Å². The fourth-order valence-electron chi connectivity index (χ4n) is 1.36. The van der Waals surface area contributed by atoms with Crippen LogP contribution in [0.15, 0.2) is 24.3 Å². The highest BCUT2D eigenvalue weighted by Crippen LogP contribution is 2.14. The van der Waals surface area contributed by atoms with Crippen molar-refractivity contribution in [2.24, 2.45) is 5.73 Å². The molecular weight excluding hydrogens is 293 g/mol. The molecule has 0 bridgehead atoms. The standard InChI is InChI=1S/C12H13F3N2O2S/c13-12(14,15)7-19-6-11(18)17-9-3-1-8(2-4-9)5-10(16)20/h1-4H,5-7H2,(H2,16,20)(H,17,18). The molecule has 0 saturated heterocycles. The summed E-state index contributed by atoms with van der Waals surface area (Å²) in [5.74, 6) is -0.656. The van der Waals surface area contributed by atoms with Gasteiger partial charge < -0.3 is 15.8 Å². The Morgan fingerprint density at radius 2 is 1.90 bits per heavy atom. The molecule has 8 heteroatoms. The van der Waals surface area contributed by atoms with E-state index in [0.717, 1.165) is 5.56 Å². The topological polar surface area (TPSA) is 64.3 Å². The Morgan fingerprint density at radius 3 is 2.40 bits per heavy atom. The average Bonchev–Trinajstić information content (AvgIpc) is 2.29. The molecule has 0 radical (unpaired) electrons. The van der Waals surface area contributed by atoms with E-state index in [9.17, 15) is 18.0 Å². The summed E-state index contributed by atoms with van der Waals surface area (Å²) in [6.45, 7) is -2.11. The molecule has 1 amide bonds. The third-order valence-corrected chi connectivity index (χ3v) is 2.26. The highest BCUT2D eigenvalue weighted by Gasteiger charge is 2.27. The number of hydrogen-bond donors (Lipinski definition) is 2. The number of benzene rings is 1. The summed E-state index contributed by atoms with van der Waals surface area (Å²) in [5.41, 5.74) is 6.72. The van der Waals surface area contributed by atoms with Gasteiger partial charge in [0.2, 0.25) is 5.91 Å². The fourth-order valence-corrected chi connectivity index (χ4v) is 1.53. The van der Waals surface area contributed by atoms with E-state index in [2.05, 4.69) is 10.1 Å². The van der Waals surface area contributed by atoms with Crippen LogP contribution >= 0.6 is 12.2 Å². The number of anilines is 1. The van der Waals surface area contributed by atoms with Crippen LogP contribution in [0.4, 0.5) is 18.9 Å². The summed E-state index contributed by atoms with van der Waals surface area (Å²) in [6, 6.07) is 6.64. The van der Waals surface area contributed by atoms with Crippen molar-refractivity contribution in [1.29, 1.82) is 0 Å². The lowest BCUT2D eigenvalue weighted by atomic mass is 10.1. The molecule has 0 unspecified atom stereocenters. The van der Waals surface area contributed by atoms with Gasteiger partial charge in [0.05, 0.1) is 4.99 Å². The SMILES string of the molecule is NC(=S)Cc1ccc(NC(=O)COCC(F)(F)F)cc1. The van der Waals surface area contributed by atoms with Gasteiger partial charge in [-0.05, 0) is 17.7 Å². The number of thiocarbonyl (C=S) groups is 1. The van der Waals surface area contributed by atoms with Gasteiger partial charge in [0.25, 0.3) is 0 Å². The number of amides is 1. The van der Waals surface area contributed by atoms with Crippen LogP contribution in [0.3, 0.4) is 0 Å². The fraction of sp³-hybridized carbons (Fsp3) is 0.333. The molecule has 0 aliphatic rings. The number of rotatable bonds is 6. The molecule has 1 aromatic carbocycles. The summed E-state index contributed by atoms with van der Waals surface area (Å²) >= 11 is 4.76. The van der Waals surface area contributed by atoms with Gasteiger partial charge in [-0.1, -0.05) is 24.4 Å². The number of nitrogens with one attached hydrogen (secondary N) is 1. The Bertz CT molecular complexity index is 475. The van der Waals surface area contributed by atoms with Gasteiger partial charge in [-0.15, -0.1) is 0 Å². The van der Waals surface area contributed by atoms with E-state index in [0.29, 0.717) is 17.1 Å². The first-order valence-electron chi connectivity index (χ1n) is 5.58. The lowest BCUT2D eigenvalue weighted by Gasteiger charge is -2.08. The van der Waals surface area contributed by atoms with Crippen molar-refractivity contribution < 1.29 is 22.7 Å². The predicted octanol–water partition coefficient (Wildman–Crippen LogP) is 2.03. The van der Waals surface area contributed by atoms with Gasteiger partial charge in [-0.3, -0.25) is 4.79 Å². The van der Waals surface area contributed by atoms with Gasteiger partial charge in [0.15, 0.2) is 0 Å². The minimum absolute atomic E-state index is 0.349. The lowest BCUT2D eigenvalue weighted by molar-refractivity contribution is -0.174. The zero-order valence-electron chi connectivity index (χ0n) is 10.4. The summed E-state index contributed by atoms with van der Waals surface area (Å²) in [7, 11) is 0. The second-order valence-corrected chi connectivity index (χ2v) is 4.52. The van der Waals surface area contributed by atoms with Crippen molar-refractivity contribution in [2.75, 3.05) is 18.5 Å². The molecule has 0 heterocycles. The molecule has 4 nitrogen and oxygen atoms in total. The summed E-state index contributed by atoms with van der Waals surface area (Å²) < 4.78 is 39.7. The maximum atomic E-state index is 11.8. The highest BCUT2D eigenvalue weighted by molar-refractivity contribution is 7.80. The normalized spacial score (nSPS) is 11.2. The molecule has 0 aliphatic carbocycles. The number of ether oxygens (including phenoxy) is 1. The first-order valence-corrected chi connectivity index (χ1v) is 5.99. The smallest absolute Gasteiger partial charge is 0.393 e. The quantitative estimate of drug-likeness (QED) is 0.789. The Morgan fingerprint density at radius 1 is 1.30 bits per heavy atom. The molecule has 0 saturated carbocycles. The third kappa shape index (κ3) is 7.05. The van der Waals surface area contributed by atoms with E-state index in [1.54, 1.807) is 24.3 Å². The second-order valence-electron chi connectivity index (χ2n) is 4.00. The zero-order chi connectivity index (χ0) is 15.2. The third-order valence-electron chi connectivity index (χ3n) is 2.11. The van der Waals surface area contributed by atoms with Gasteiger partial charge in [0, 0.05) is 12.1 Å². The lowest BCUT2D eigenvalue weighted by Crippen LogP contribution is -2.24. The monoisotopic (exact) mass is 306 g/mol. The van der Waals surface area contributed by atoms with Gasteiger partial charge >= 0.3 is 6.18 Å². The second kappa shape index (κ2) is 7.20. The van der Waals surface area contributed by atoms with Crippen LogP contribution in [0.1, 0.15) is 5.56 Å². The molecule has 20 heavy (non-hydrogen) atoms. The number of alkyl halides is 3. The van der Waals surface area contributed by atoms with Crippen molar-refractivity contribution in [3.63, 3.8) is 0 Å². The highest BCUT2D eigenvalue weighted by atomic mass is 32.1. The minimum Gasteiger partial charge on any atom is -0.393 e. The molecule has 1 aromatic rings. The van der Waals surface area contributed by atoms with Crippen LogP contribution in [-0.2, 0) is 16.0 Å². The minimum atomic E-state index is -4.44. The molecule has 110 valence electrons. The Kier molecular flexibility index (Phi) is 5.90. The Hall–Kier alpha value is -1.67. The van der Waals surface area contributed by atoms with E-state index in [1.165, 1.54) is 0 Å². The van der Waals surface area contributed by atoms with Crippen LogP contribution in [0.5, 0.6) is 0 Å². The number of carbonyl (C=O) groups is 1. The largest absolute Gasteiger partial charge is 0.411 e. The van der Waals surface area contributed by atoms with Crippen LogP contribution in [-0.4, -0.2) is 30.3 Å². The number of nitrogens with two attached hydrogens (primary N) is 1. The first kappa shape index (κ1) is 16.4. The maximum Gasteiger partial charge on any atom is 0.411 e. The molecule has 0 fully saturated rings. The van der Waals surface area contributed by atoms with Crippen LogP contribution < -0.4 is 11.1 Å². The van der Waals surface area contributed by atoms with Gasteiger partial charge in [-0.2, -0.15) is 13.2 Å². The number of halogens is 3.